The summed E-state index contributed by atoms with van der Waals surface area (Å²) in [5.74, 6) is 1.61. The van der Waals surface area contributed by atoms with Crippen molar-refractivity contribution in [2.45, 2.75) is 50.8 Å². The fourth-order valence-corrected chi connectivity index (χ4v) is 4.59. The Bertz CT molecular complexity index is 885. The van der Waals surface area contributed by atoms with E-state index in [1.54, 1.807) is 24.5 Å². The van der Waals surface area contributed by atoms with E-state index in [1.165, 1.54) is 12.8 Å². The normalized spacial score (nSPS) is 20.4. The fourth-order valence-electron chi connectivity index (χ4n) is 4.17. The molecule has 2 heterocycles. The zero-order chi connectivity index (χ0) is 20.4. The van der Waals surface area contributed by atoms with Crippen LogP contribution in [0.15, 0.2) is 41.1 Å². The Morgan fingerprint density at radius 3 is 2.69 bits per heavy atom. The highest BCUT2D eigenvalue weighted by Gasteiger charge is 2.36. The number of carbonyl (C=O) groups is 1. The second kappa shape index (κ2) is 8.71. The summed E-state index contributed by atoms with van der Waals surface area (Å²) >= 11 is 3.44. The average molecular weight is 460 g/mol. The molecule has 1 amide bonds. The van der Waals surface area contributed by atoms with Gasteiger partial charge < -0.3 is 9.47 Å². The van der Waals surface area contributed by atoms with Crippen molar-refractivity contribution in [3.8, 4) is 11.5 Å². The maximum Gasteiger partial charge on any atom is 0.239 e. The second-order valence-electron chi connectivity index (χ2n) is 7.69. The maximum atomic E-state index is 12.7. The van der Waals surface area contributed by atoms with Crippen LogP contribution in [0.5, 0.6) is 11.5 Å². The van der Waals surface area contributed by atoms with Crippen molar-refractivity contribution >= 4 is 21.8 Å². The summed E-state index contributed by atoms with van der Waals surface area (Å²) in [6, 6.07) is 7.97. The van der Waals surface area contributed by atoms with E-state index in [-0.39, 0.29) is 18.1 Å². The van der Waals surface area contributed by atoms with Crippen molar-refractivity contribution in [2.75, 3.05) is 14.2 Å². The summed E-state index contributed by atoms with van der Waals surface area (Å²) in [5, 5.41) is 3.81. The minimum absolute atomic E-state index is 0.0283. The molecule has 0 N–H and O–H groups in total. The first-order valence-electron chi connectivity index (χ1n) is 10.0. The van der Waals surface area contributed by atoms with E-state index in [1.807, 2.05) is 36.3 Å². The average Bonchev–Trinajstić information content (AvgIpc) is 3.31. The Morgan fingerprint density at radius 2 is 1.97 bits per heavy atom. The monoisotopic (exact) mass is 459 g/mol. The Hall–Kier alpha value is -2.12. The molecule has 2 aliphatic rings. The molecule has 1 aliphatic heterocycles. The van der Waals surface area contributed by atoms with Crippen molar-refractivity contribution in [1.82, 2.24) is 15.0 Å². The molecule has 1 unspecified atom stereocenters. The van der Waals surface area contributed by atoms with Gasteiger partial charge in [0, 0.05) is 30.3 Å². The van der Waals surface area contributed by atoms with E-state index >= 15 is 0 Å². The highest BCUT2D eigenvalue weighted by molar-refractivity contribution is 9.10. The zero-order valence-corrected chi connectivity index (χ0v) is 18.4. The molecule has 6 nitrogen and oxygen atoms in total. The number of hydrazine groups is 1. The molecule has 2 fully saturated rings. The molecule has 154 valence electrons. The summed E-state index contributed by atoms with van der Waals surface area (Å²) in [6.07, 6.45) is 8.83. The lowest BCUT2D eigenvalue weighted by atomic mass is 10.0. The summed E-state index contributed by atoms with van der Waals surface area (Å²) in [7, 11) is 3.62. The Kier molecular flexibility index (Phi) is 6.06. The topological polar surface area (TPSA) is 54.9 Å². The first-order valence-corrected chi connectivity index (χ1v) is 10.8. The first-order chi connectivity index (χ1) is 14.0. The van der Waals surface area contributed by atoms with Gasteiger partial charge in [0.15, 0.2) is 11.5 Å². The summed E-state index contributed by atoms with van der Waals surface area (Å²) in [6.45, 7) is 0.500. The van der Waals surface area contributed by atoms with Gasteiger partial charge in [0.2, 0.25) is 5.91 Å². The van der Waals surface area contributed by atoms with Gasteiger partial charge in [-0.15, -0.1) is 0 Å². The Balaban J connectivity index is 1.54. The van der Waals surface area contributed by atoms with E-state index < -0.39 is 0 Å². The van der Waals surface area contributed by atoms with Crippen LogP contribution in [-0.4, -0.2) is 41.2 Å². The molecule has 1 saturated carbocycles. The number of aromatic nitrogens is 1. The first kappa shape index (κ1) is 20.2. The SMILES string of the molecule is COc1ccc(C2CC(=O)N(Cc3cncc(Br)c3)N2C)cc1OC1CCCC1. The van der Waals surface area contributed by atoms with Gasteiger partial charge in [0.1, 0.15) is 0 Å². The maximum absolute atomic E-state index is 12.7. The molecule has 1 saturated heterocycles. The van der Waals surface area contributed by atoms with Crippen molar-refractivity contribution < 1.29 is 14.3 Å². The van der Waals surface area contributed by atoms with Gasteiger partial charge in [-0.2, -0.15) is 0 Å². The number of nitrogens with zero attached hydrogens (tertiary/aromatic N) is 3. The molecule has 2 aromatic rings. The molecule has 4 rings (SSSR count). The smallest absolute Gasteiger partial charge is 0.239 e. The van der Waals surface area contributed by atoms with Crippen LogP contribution < -0.4 is 9.47 Å². The third-order valence-electron chi connectivity index (χ3n) is 5.75. The number of carbonyl (C=O) groups excluding carboxylic acids is 1. The molecular formula is C22H26BrN3O3. The molecule has 0 bridgehead atoms. The number of halogens is 1. The van der Waals surface area contributed by atoms with Crippen LogP contribution in [0.1, 0.15) is 49.3 Å². The molecule has 1 aliphatic carbocycles. The van der Waals surface area contributed by atoms with Crippen LogP contribution in [0.4, 0.5) is 0 Å². The highest BCUT2D eigenvalue weighted by atomic mass is 79.9. The van der Waals surface area contributed by atoms with Gasteiger partial charge >= 0.3 is 0 Å². The van der Waals surface area contributed by atoms with E-state index in [0.717, 1.165) is 39.9 Å². The molecule has 0 spiro atoms. The molecule has 1 aromatic heterocycles. The van der Waals surface area contributed by atoms with Gasteiger partial charge in [0.25, 0.3) is 0 Å². The van der Waals surface area contributed by atoms with Crippen molar-refractivity contribution in [2.24, 2.45) is 0 Å². The molecule has 0 radical (unpaired) electrons. The minimum atomic E-state index is -0.0283. The number of methoxy groups -OCH3 is 1. The van der Waals surface area contributed by atoms with E-state index in [2.05, 4.69) is 20.9 Å². The summed E-state index contributed by atoms with van der Waals surface area (Å²) in [5.41, 5.74) is 2.05. The number of rotatable bonds is 6. The van der Waals surface area contributed by atoms with Crippen molar-refractivity contribution in [1.29, 1.82) is 0 Å². The Morgan fingerprint density at radius 1 is 1.17 bits per heavy atom. The van der Waals surface area contributed by atoms with Gasteiger partial charge in [-0.25, -0.2) is 5.01 Å². The number of pyridine rings is 1. The standard InChI is InChI=1S/C22H26BrN3O3/c1-25-19(11-22(27)26(25)14-15-9-17(23)13-24-12-15)16-7-8-20(28-2)21(10-16)29-18-5-3-4-6-18/h7-10,12-13,18-19H,3-6,11,14H2,1-2H3. The molecule has 1 atom stereocenters. The predicted molar refractivity (Wildman–Crippen MR) is 113 cm³/mol. The van der Waals surface area contributed by atoms with Crippen LogP contribution in [-0.2, 0) is 11.3 Å². The number of benzene rings is 1. The van der Waals surface area contributed by atoms with Crippen LogP contribution in [0.2, 0.25) is 0 Å². The van der Waals surface area contributed by atoms with Crippen LogP contribution >= 0.6 is 15.9 Å². The van der Waals surface area contributed by atoms with Crippen LogP contribution in [0.3, 0.4) is 0 Å². The Labute approximate surface area is 179 Å². The predicted octanol–water partition coefficient (Wildman–Crippen LogP) is 4.49. The highest BCUT2D eigenvalue weighted by Crippen LogP contribution is 2.38. The number of hydrogen-bond acceptors (Lipinski definition) is 5. The van der Waals surface area contributed by atoms with E-state index in [9.17, 15) is 4.79 Å². The summed E-state index contributed by atoms with van der Waals surface area (Å²) < 4.78 is 12.7. The molecular weight excluding hydrogens is 434 g/mol. The number of hydrogen-bond donors (Lipinski definition) is 0. The van der Waals surface area contributed by atoms with Gasteiger partial charge in [-0.05, 0) is 70.9 Å². The zero-order valence-electron chi connectivity index (χ0n) is 16.8. The van der Waals surface area contributed by atoms with Gasteiger partial charge in [0.05, 0.1) is 25.8 Å². The van der Waals surface area contributed by atoms with Crippen LogP contribution in [0.25, 0.3) is 0 Å². The third-order valence-corrected chi connectivity index (χ3v) is 6.18. The lowest BCUT2D eigenvalue weighted by Crippen LogP contribution is -2.36. The number of amides is 1. The van der Waals surface area contributed by atoms with Crippen LogP contribution in [0, 0.1) is 0 Å². The third kappa shape index (κ3) is 4.41. The largest absolute Gasteiger partial charge is 0.493 e. The van der Waals surface area contributed by atoms with Crippen molar-refractivity contribution in [3.63, 3.8) is 0 Å². The van der Waals surface area contributed by atoms with Gasteiger partial charge in [-0.3, -0.25) is 14.8 Å². The number of ether oxygens (including phenoxy) is 2. The van der Waals surface area contributed by atoms with E-state index in [0.29, 0.717) is 13.0 Å². The lowest BCUT2D eigenvalue weighted by Gasteiger charge is -2.29. The van der Waals surface area contributed by atoms with Gasteiger partial charge in [-0.1, -0.05) is 6.07 Å². The molecule has 1 aromatic carbocycles. The fraction of sp³-hybridized carbons (Fsp3) is 0.455. The second-order valence-corrected chi connectivity index (χ2v) is 8.61. The quantitative estimate of drug-likeness (QED) is 0.636. The minimum Gasteiger partial charge on any atom is -0.493 e. The molecule has 7 heteroatoms. The molecule has 29 heavy (non-hydrogen) atoms. The van der Waals surface area contributed by atoms with E-state index in [4.69, 9.17) is 9.47 Å². The summed E-state index contributed by atoms with van der Waals surface area (Å²) in [4.78, 5) is 16.9. The lowest BCUT2D eigenvalue weighted by molar-refractivity contribution is -0.138. The van der Waals surface area contributed by atoms with Crippen molar-refractivity contribution in [3.05, 3.63) is 52.3 Å².